The van der Waals surface area contributed by atoms with E-state index in [9.17, 15) is 4.79 Å². The Kier molecular flexibility index (Phi) is 6.86. The number of hydrogen-bond donors (Lipinski definition) is 2. The molecule has 3 aromatic rings. The van der Waals surface area contributed by atoms with Crippen molar-refractivity contribution in [1.29, 1.82) is 0 Å². The van der Waals surface area contributed by atoms with Crippen LogP contribution in [0.4, 0.5) is 17.2 Å². The number of halogens is 2. The van der Waals surface area contributed by atoms with Gasteiger partial charge in [0.1, 0.15) is 12.1 Å². The highest BCUT2D eigenvalue weighted by Gasteiger charge is 2.07. The fourth-order valence-electron chi connectivity index (χ4n) is 2.71. The highest BCUT2D eigenvalue weighted by Crippen LogP contribution is 2.25. The molecule has 0 spiro atoms. The Morgan fingerprint density at radius 1 is 1.07 bits per heavy atom. The van der Waals surface area contributed by atoms with Crippen molar-refractivity contribution < 1.29 is 4.79 Å². The third-order valence-corrected chi connectivity index (χ3v) is 4.93. The molecule has 0 atom stereocenters. The largest absolute Gasteiger partial charge is 0.340 e. The van der Waals surface area contributed by atoms with Gasteiger partial charge in [0.05, 0.1) is 10.0 Å². The second-order valence-electron chi connectivity index (χ2n) is 6.39. The van der Waals surface area contributed by atoms with Gasteiger partial charge in [0.25, 0.3) is 0 Å². The van der Waals surface area contributed by atoms with Gasteiger partial charge in [-0.1, -0.05) is 42.3 Å². The minimum Gasteiger partial charge on any atom is -0.340 e. The molecule has 0 saturated heterocycles. The van der Waals surface area contributed by atoms with Crippen molar-refractivity contribution >= 4 is 52.4 Å². The highest BCUT2D eigenvalue weighted by atomic mass is 35.5. The molecule has 1 heterocycles. The average Bonchev–Trinajstić information content (AvgIpc) is 2.69. The molecule has 0 unspecified atom stereocenters. The fourth-order valence-corrected chi connectivity index (χ4v) is 3.02. The predicted molar refractivity (Wildman–Crippen MR) is 120 cm³/mol. The molecule has 5 nitrogen and oxygen atoms in total. The fraction of sp³-hybridized carbons (Fsp3) is 0.136. The second kappa shape index (κ2) is 9.54. The Morgan fingerprint density at radius 2 is 1.90 bits per heavy atom. The van der Waals surface area contributed by atoms with Gasteiger partial charge in [-0.25, -0.2) is 9.97 Å². The summed E-state index contributed by atoms with van der Waals surface area (Å²) in [6.07, 6.45) is 5.45. The lowest BCUT2D eigenvalue weighted by Gasteiger charge is -2.12. The lowest BCUT2D eigenvalue weighted by atomic mass is 10.1. The van der Waals surface area contributed by atoms with Gasteiger partial charge in [-0.05, 0) is 54.8 Å². The molecule has 3 rings (SSSR count). The highest BCUT2D eigenvalue weighted by molar-refractivity contribution is 6.42. The molecule has 0 radical (unpaired) electrons. The minimum absolute atomic E-state index is 0.235. The SMILES string of the molecule is CCc1ccc(Nc2cc(C)ncn2)cc1NC(=O)/C=C/c1ccc(Cl)c(Cl)c1. The zero-order valence-corrected chi connectivity index (χ0v) is 17.6. The van der Waals surface area contributed by atoms with Crippen molar-refractivity contribution in [3.05, 3.63) is 81.7 Å². The number of amides is 1. The van der Waals surface area contributed by atoms with E-state index < -0.39 is 0 Å². The molecule has 2 aromatic carbocycles. The molecule has 0 aliphatic rings. The molecule has 2 N–H and O–H groups in total. The van der Waals surface area contributed by atoms with E-state index in [1.807, 2.05) is 38.1 Å². The van der Waals surface area contributed by atoms with E-state index in [4.69, 9.17) is 23.2 Å². The number of benzene rings is 2. The number of anilines is 3. The van der Waals surface area contributed by atoms with Gasteiger partial charge < -0.3 is 10.6 Å². The monoisotopic (exact) mass is 426 g/mol. The van der Waals surface area contributed by atoms with E-state index in [-0.39, 0.29) is 5.91 Å². The average molecular weight is 427 g/mol. The minimum atomic E-state index is -0.235. The van der Waals surface area contributed by atoms with Crippen molar-refractivity contribution in [2.45, 2.75) is 20.3 Å². The molecule has 0 saturated carbocycles. The van der Waals surface area contributed by atoms with Gasteiger partial charge in [-0.15, -0.1) is 0 Å². The number of aryl methyl sites for hydroxylation is 2. The van der Waals surface area contributed by atoms with Crippen molar-refractivity contribution in [3.63, 3.8) is 0 Å². The molecule has 0 fully saturated rings. The van der Waals surface area contributed by atoms with Crippen LogP contribution in [0, 0.1) is 6.92 Å². The summed E-state index contributed by atoms with van der Waals surface area (Å²) in [7, 11) is 0. The van der Waals surface area contributed by atoms with Gasteiger partial charge >= 0.3 is 0 Å². The first-order valence-electron chi connectivity index (χ1n) is 9.07. The molecule has 0 aliphatic heterocycles. The number of nitrogens with one attached hydrogen (secondary N) is 2. The number of hydrogen-bond acceptors (Lipinski definition) is 4. The van der Waals surface area contributed by atoms with Crippen LogP contribution in [-0.2, 0) is 11.2 Å². The van der Waals surface area contributed by atoms with E-state index in [0.717, 1.165) is 34.6 Å². The van der Waals surface area contributed by atoms with E-state index in [0.29, 0.717) is 15.9 Å². The van der Waals surface area contributed by atoms with Crippen molar-refractivity contribution in [2.75, 3.05) is 10.6 Å². The number of nitrogens with zero attached hydrogens (tertiary/aromatic N) is 2. The molecule has 1 aromatic heterocycles. The number of carbonyl (C=O) groups excluding carboxylic acids is 1. The first kappa shape index (κ1) is 20.8. The maximum atomic E-state index is 12.4. The standard InChI is InChI=1S/C22H20Cl2N4O/c1-3-16-6-7-17(27-21-10-14(2)25-13-26-21)12-20(16)28-22(29)9-5-15-4-8-18(23)19(24)11-15/h4-13H,3H2,1-2H3,(H,28,29)(H,25,26,27)/b9-5+. The van der Waals surface area contributed by atoms with Gasteiger partial charge in [-0.2, -0.15) is 0 Å². The van der Waals surface area contributed by atoms with Crippen LogP contribution < -0.4 is 10.6 Å². The van der Waals surface area contributed by atoms with Gasteiger partial charge in [0.2, 0.25) is 5.91 Å². The van der Waals surface area contributed by atoms with Crippen LogP contribution in [-0.4, -0.2) is 15.9 Å². The molecule has 0 bridgehead atoms. The summed E-state index contributed by atoms with van der Waals surface area (Å²) in [6.45, 7) is 3.94. The van der Waals surface area contributed by atoms with Crippen LogP contribution in [0.25, 0.3) is 6.08 Å². The topological polar surface area (TPSA) is 66.9 Å². The third-order valence-electron chi connectivity index (χ3n) is 4.20. The van der Waals surface area contributed by atoms with Crippen LogP contribution in [0.2, 0.25) is 10.0 Å². The van der Waals surface area contributed by atoms with Crippen LogP contribution in [0.1, 0.15) is 23.7 Å². The van der Waals surface area contributed by atoms with Crippen LogP contribution in [0.3, 0.4) is 0 Å². The summed E-state index contributed by atoms with van der Waals surface area (Å²) in [6, 6.07) is 12.9. The van der Waals surface area contributed by atoms with Crippen molar-refractivity contribution in [1.82, 2.24) is 9.97 Å². The Morgan fingerprint density at radius 3 is 2.62 bits per heavy atom. The Labute approximate surface area is 179 Å². The Hall–Kier alpha value is -2.89. The van der Waals surface area contributed by atoms with Gasteiger partial charge in [0.15, 0.2) is 0 Å². The first-order chi connectivity index (χ1) is 13.9. The summed E-state index contributed by atoms with van der Waals surface area (Å²) >= 11 is 11.9. The zero-order chi connectivity index (χ0) is 20.8. The summed E-state index contributed by atoms with van der Waals surface area (Å²) in [5.74, 6) is 0.458. The van der Waals surface area contributed by atoms with Gasteiger partial charge in [-0.3, -0.25) is 4.79 Å². The normalized spacial score (nSPS) is 10.9. The van der Waals surface area contributed by atoms with E-state index in [1.165, 1.54) is 12.4 Å². The summed E-state index contributed by atoms with van der Waals surface area (Å²) in [5, 5.41) is 7.09. The maximum absolute atomic E-state index is 12.4. The van der Waals surface area contributed by atoms with Crippen molar-refractivity contribution in [2.24, 2.45) is 0 Å². The van der Waals surface area contributed by atoms with Crippen molar-refractivity contribution in [3.8, 4) is 0 Å². The summed E-state index contributed by atoms with van der Waals surface area (Å²) < 4.78 is 0. The number of carbonyl (C=O) groups is 1. The van der Waals surface area contributed by atoms with E-state index >= 15 is 0 Å². The van der Waals surface area contributed by atoms with Crippen LogP contribution in [0.5, 0.6) is 0 Å². The van der Waals surface area contributed by atoms with Crippen LogP contribution in [0.15, 0.2) is 54.9 Å². The van der Waals surface area contributed by atoms with Gasteiger partial charge in [0, 0.05) is 29.2 Å². The van der Waals surface area contributed by atoms with E-state index in [1.54, 1.807) is 24.3 Å². The molecular formula is C22H20Cl2N4O. The molecule has 0 aliphatic carbocycles. The predicted octanol–water partition coefficient (Wildman–Crippen LogP) is 6.05. The second-order valence-corrected chi connectivity index (χ2v) is 7.21. The third kappa shape index (κ3) is 5.79. The molecular weight excluding hydrogens is 407 g/mol. The number of aromatic nitrogens is 2. The first-order valence-corrected chi connectivity index (χ1v) is 9.83. The smallest absolute Gasteiger partial charge is 0.248 e. The lowest BCUT2D eigenvalue weighted by molar-refractivity contribution is -0.111. The molecule has 148 valence electrons. The lowest BCUT2D eigenvalue weighted by Crippen LogP contribution is -2.10. The summed E-state index contributed by atoms with van der Waals surface area (Å²) in [4.78, 5) is 20.7. The maximum Gasteiger partial charge on any atom is 0.248 e. The molecule has 7 heteroatoms. The zero-order valence-electron chi connectivity index (χ0n) is 16.0. The van der Waals surface area contributed by atoms with Crippen LogP contribution >= 0.6 is 23.2 Å². The number of rotatable bonds is 6. The summed E-state index contributed by atoms with van der Waals surface area (Å²) in [5.41, 5.74) is 4.26. The Balaban J connectivity index is 1.75. The Bertz CT molecular complexity index is 1070. The van der Waals surface area contributed by atoms with E-state index in [2.05, 4.69) is 20.6 Å². The molecule has 1 amide bonds. The molecule has 29 heavy (non-hydrogen) atoms. The quantitative estimate of drug-likeness (QED) is 0.470.